The minimum Gasteiger partial charge on any atom is -0.385 e. The number of hydrogen-bond acceptors (Lipinski definition) is 3. The van der Waals surface area contributed by atoms with Crippen LogP contribution in [0.2, 0.25) is 0 Å². The van der Waals surface area contributed by atoms with Crippen molar-refractivity contribution in [2.45, 2.75) is 32.2 Å². The van der Waals surface area contributed by atoms with Crippen molar-refractivity contribution in [3.63, 3.8) is 0 Å². The van der Waals surface area contributed by atoms with Gasteiger partial charge in [-0.2, -0.15) is 0 Å². The molecule has 0 amide bonds. The average Bonchev–Trinajstić information content (AvgIpc) is 2.59. The second kappa shape index (κ2) is 7.27. The SMILES string of the molecule is O=CCCc1ccc(NCc2cccc3c2NCCC3)cc1F. The van der Waals surface area contributed by atoms with Gasteiger partial charge in [-0.05, 0) is 48.1 Å². The van der Waals surface area contributed by atoms with Gasteiger partial charge < -0.3 is 15.4 Å². The van der Waals surface area contributed by atoms with Crippen LogP contribution in [0.1, 0.15) is 29.5 Å². The van der Waals surface area contributed by atoms with Crippen molar-refractivity contribution in [3.05, 3.63) is 58.9 Å². The van der Waals surface area contributed by atoms with Crippen LogP contribution in [0, 0.1) is 5.82 Å². The topological polar surface area (TPSA) is 41.1 Å². The van der Waals surface area contributed by atoms with E-state index in [1.54, 1.807) is 6.07 Å². The number of fused-ring (bicyclic) bond motifs is 1. The molecule has 1 aliphatic heterocycles. The number of hydrogen-bond donors (Lipinski definition) is 2. The molecule has 0 atom stereocenters. The Balaban J connectivity index is 1.69. The Bertz CT molecular complexity index is 700. The summed E-state index contributed by atoms with van der Waals surface area (Å²) in [6, 6.07) is 11.5. The van der Waals surface area contributed by atoms with Gasteiger partial charge in [0.05, 0.1) is 0 Å². The number of nitrogens with one attached hydrogen (secondary N) is 2. The molecule has 0 spiro atoms. The molecule has 4 heteroatoms. The van der Waals surface area contributed by atoms with Crippen molar-refractivity contribution in [1.82, 2.24) is 0 Å². The van der Waals surface area contributed by atoms with Crippen molar-refractivity contribution in [3.8, 4) is 0 Å². The van der Waals surface area contributed by atoms with Crippen LogP contribution >= 0.6 is 0 Å². The van der Waals surface area contributed by atoms with Gasteiger partial charge in [-0.1, -0.05) is 24.3 Å². The smallest absolute Gasteiger partial charge is 0.128 e. The van der Waals surface area contributed by atoms with Crippen molar-refractivity contribution in [1.29, 1.82) is 0 Å². The lowest BCUT2D eigenvalue weighted by Crippen LogP contribution is -2.15. The summed E-state index contributed by atoms with van der Waals surface area (Å²) in [6.45, 7) is 1.66. The summed E-state index contributed by atoms with van der Waals surface area (Å²) < 4.78 is 14.0. The largest absolute Gasteiger partial charge is 0.385 e. The molecule has 1 aliphatic rings. The lowest BCUT2D eigenvalue weighted by molar-refractivity contribution is -0.107. The summed E-state index contributed by atoms with van der Waals surface area (Å²) in [4.78, 5) is 10.4. The molecular formula is C19H21FN2O. The number of aryl methyl sites for hydroxylation is 2. The summed E-state index contributed by atoms with van der Waals surface area (Å²) in [6.07, 6.45) is 3.89. The van der Waals surface area contributed by atoms with Gasteiger partial charge in [0.1, 0.15) is 12.1 Å². The maximum Gasteiger partial charge on any atom is 0.128 e. The summed E-state index contributed by atoms with van der Waals surface area (Å²) in [7, 11) is 0. The third-order valence-electron chi connectivity index (χ3n) is 4.23. The molecule has 2 aromatic carbocycles. The quantitative estimate of drug-likeness (QED) is 0.794. The number of anilines is 2. The number of halogens is 1. The van der Waals surface area contributed by atoms with Crippen LogP contribution in [-0.4, -0.2) is 12.8 Å². The van der Waals surface area contributed by atoms with Crippen LogP contribution in [0.4, 0.5) is 15.8 Å². The molecule has 0 saturated carbocycles. The number of carbonyl (C=O) groups excluding carboxylic acids is 1. The first kappa shape index (κ1) is 15.5. The van der Waals surface area contributed by atoms with E-state index in [0.717, 1.165) is 31.4 Å². The van der Waals surface area contributed by atoms with Gasteiger partial charge in [-0.3, -0.25) is 0 Å². The van der Waals surface area contributed by atoms with Gasteiger partial charge in [-0.15, -0.1) is 0 Å². The molecule has 2 N–H and O–H groups in total. The summed E-state index contributed by atoms with van der Waals surface area (Å²) in [5.41, 5.74) is 5.11. The highest BCUT2D eigenvalue weighted by atomic mass is 19.1. The Hall–Kier alpha value is -2.36. The van der Waals surface area contributed by atoms with Gasteiger partial charge in [0.2, 0.25) is 0 Å². The van der Waals surface area contributed by atoms with Gasteiger partial charge >= 0.3 is 0 Å². The lowest BCUT2D eigenvalue weighted by atomic mass is 9.99. The van der Waals surface area contributed by atoms with E-state index in [2.05, 4.69) is 28.8 Å². The maximum atomic E-state index is 14.0. The summed E-state index contributed by atoms with van der Waals surface area (Å²) in [5, 5.41) is 6.75. The zero-order valence-corrected chi connectivity index (χ0v) is 13.1. The standard InChI is InChI=1S/C19H21FN2O/c20-18-12-17(9-8-14(18)7-3-11-23)22-13-16-5-1-4-15-6-2-10-21-19(15)16/h1,4-5,8-9,11-12,21-22H,2-3,6-7,10,13H2. The van der Waals surface area contributed by atoms with Gasteiger partial charge in [0.15, 0.2) is 0 Å². The Morgan fingerprint density at radius 1 is 1.22 bits per heavy atom. The van der Waals surface area contributed by atoms with Crippen molar-refractivity contribution >= 4 is 17.7 Å². The van der Waals surface area contributed by atoms with E-state index in [-0.39, 0.29) is 5.82 Å². The van der Waals surface area contributed by atoms with E-state index >= 15 is 0 Å². The van der Waals surface area contributed by atoms with Gasteiger partial charge in [0.25, 0.3) is 0 Å². The Kier molecular flexibility index (Phi) is 4.91. The molecule has 0 aromatic heterocycles. The first-order chi connectivity index (χ1) is 11.3. The zero-order valence-electron chi connectivity index (χ0n) is 13.1. The highest BCUT2D eigenvalue weighted by Gasteiger charge is 2.12. The minimum absolute atomic E-state index is 0.259. The van der Waals surface area contributed by atoms with Gasteiger partial charge in [0, 0.05) is 30.9 Å². The summed E-state index contributed by atoms with van der Waals surface area (Å²) in [5.74, 6) is -0.259. The molecule has 0 unspecified atom stereocenters. The molecule has 1 heterocycles. The Morgan fingerprint density at radius 3 is 2.96 bits per heavy atom. The average molecular weight is 312 g/mol. The van der Waals surface area contributed by atoms with Crippen molar-refractivity contribution in [2.75, 3.05) is 17.2 Å². The van der Waals surface area contributed by atoms with E-state index in [0.29, 0.717) is 24.9 Å². The molecule has 120 valence electrons. The molecule has 0 bridgehead atoms. The molecule has 23 heavy (non-hydrogen) atoms. The molecule has 3 rings (SSSR count). The molecule has 0 saturated heterocycles. The van der Waals surface area contributed by atoms with E-state index in [4.69, 9.17) is 0 Å². The molecule has 0 fully saturated rings. The van der Waals surface area contributed by atoms with E-state index in [9.17, 15) is 9.18 Å². The van der Waals surface area contributed by atoms with Crippen LogP contribution in [0.3, 0.4) is 0 Å². The van der Waals surface area contributed by atoms with E-state index in [1.807, 2.05) is 6.07 Å². The van der Waals surface area contributed by atoms with Crippen LogP contribution in [0.15, 0.2) is 36.4 Å². The molecule has 0 radical (unpaired) electrons. The highest BCUT2D eigenvalue weighted by Crippen LogP contribution is 2.27. The number of para-hydroxylation sites is 1. The second-order valence-corrected chi connectivity index (χ2v) is 5.85. The summed E-state index contributed by atoms with van der Waals surface area (Å²) >= 11 is 0. The monoisotopic (exact) mass is 312 g/mol. The second-order valence-electron chi connectivity index (χ2n) is 5.85. The van der Waals surface area contributed by atoms with Crippen LogP contribution < -0.4 is 10.6 Å². The van der Waals surface area contributed by atoms with E-state index in [1.165, 1.54) is 22.9 Å². The molecule has 0 aliphatic carbocycles. The Labute approximate surface area is 135 Å². The number of rotatable bonds is 6. The number of carbonyl (C=O) groups is 1. The fraction of sp³-hybridized carbons (Fsp3) is 0.316. The first-order valence-corrected chi connectivity index (χ1v) is 8.08. The maximum absolute atomic E-state index is 14.0. The van der Waals surface area contributed by atoms with Crippen molar-refractivity contribution < 1.29 is 9.18 Å². The zero-order chi connectivity index (χ0) is 16.1. The fourth-order valence-corrected chi connectivity index (χ4v) is 3.00. The first-order valence-electron chi connectivity index (χ1n) is 8.08. The van der Waals surface area contributed by atoms with Crippen LogP contribution in [-0.2, 0) is 24.2 Å². The van der Waals surface area contributed by atoms with E-state index < -0.39 is 0 Å². The Morgan fingerprint density at radius 2 is 2.13 bits per heavy atom. The third kappa shape index (κ3) is 3.70. The predicted molar refractivity (Wildman–Crippen MR) is 91.4 cm³/mol. The van der Waals surface area contributed by atoms with Crippen LogP contribution in [0.5, 0.6) is 0 Å². The highest BCUT2D eigenvalue weighted by molar-refractivity contribution is 5.60. The van der Waals surface area contributed by atoms with Crippen molar-refractivity contribution in [2.24, 2.45) is 0 Å². The molecular weight excluding hydrogens is 291 g/mol. The molecule has 2 aromatic rings. The third-order valence-corrected chi connectivity index (χ3v) is 4.23. The number of benzene rings is 2. The lowest BCUT2D eigenvalue weighted by Gasteiger charge is -2.21. The predicted octanol–water partition coefficient (Wildman–Crippen LogP) is 3.93. The number of aldehydes is 1. The fourth-order valence-electron chi connectivity index (χ4n) is 3.00. The molecule has 3 nitrogen and oxygen atoms in total. The van der Waals surface area contributed by atoms with Gasteiger partial charge in [-0.25, -0.2) is 4.39 Å². The van der Waals surface area contributed by atoms with Crippen LogP contribution in [0.25, 0.3) is 0 Å². The minimum atomic E-state index is -0.259. The normalized spacial score (nSPS) is 13.1.